The fourth-order valence-electron chi connectivity index (χ4n) is 2.76. The topological polar surface area (TPSA) is 112 Å². The van der Waals surface area contributed by atoms with Gasteiger partial charge in [-0.3, -0.25) is 14.2 Å². The van der Waals surface area contributed by atoms with E-state index in [1.54, 1.807) is 0 Å². The molecule has 0 aliphatic heterocycles. The zero-order chi connectivity index (χ0) is 24.4. The summed E-state index contributed by atoms with van der Waals surface area (Å²) in [5.41, 5.74) is -0.182. The predicted octanol–water partition coefficient (Wildman–Crippen LogP) is 0.432. The summed E-state index contributed by atoms with van der Waals surface area (Å²) in [4.78, 5) is 25.5. The fourth-order valence-corrected chi connectivity index (χ4v) is 3.89. The highest BCUT2D eigenvalue weighted by molar-refractivity contribution is 7.07. The van der Waals surface area contributed by atoms with Crippen molar-refractivity contribution in [2.24, 2.45) is 0 Å². The molecule has 2 rings (SSSR count). The SMILES string of the molecule is COCCNC(=O)/C(C#N)=c1\s/c(=C\c2ccc(OC(F)F)c(OC)c2)c(=O)n1CCOC. The molecule has 0 radical (unpaired) electrons. The van der Waals surface area contributed by atoms with Crippen molar-refractivity contribution in [3.8, 4) is 17.6 Å². The zero-order valence-corrected chi connectivity index (χ0v) is 19.0. The normalized spacial score (nSPS) is 12.5. The van der Waals surface area contributed by atoms with Crippen molar-refractivity contribution in [1.82, 2.24) is 9.88 Å². The molecule has 1 N–H and O–H groups in total. The van der Waals surface area contributed by atoms with E-state index in [9.17, 15) is 23.6 Å². The quantitative estimate of drug-likeness (QED) is 0.462. The van der Waals surface area contributed by atoms with E-state index in [0.29, 0.717) is 5.56 Å². The van der Waals surface area contributed by atoms with Crippen molar-refractivity contribution >= 4 is 28.9 Å². The first-order valence-corrected chi connectivity index (χ1v) is 10.4. The Hall–Kier alpha value is -3.27. The van der Waals surface area contributed by atoms with Gasteiger partial charge in [0.25, 0.3) is 11.5 Å². The summed E-state index contributed by atoms with van der Waals surface area (Å²) in [7, 11) is 4.24. The highest BCUT2D eigenvalue weighted by Gasteiger charge is 2.16. The average Bonchev–Trinajstić information content (AvgIpc) is 3.08. The molecule has 0 saturated carbocycles. The second-order valence-corrected chi connectivity index (χ2v) is 7.42. The fraction of sp³-hybridized carbons (Fsp3) is 0.381. The average molecular weight is 483 g/mol. The number of carbonyl (C=O) groups is 1. The molecule has 9 nitrogen and oxygen atoms in total. The Kier molecular flexibility index (Phi) is 9.99. The van der Waals surface area contributed by atoms with Gasteiger partial charge < -0.3 is 24.3 Å². The van der Waals surface area contributed by atoms with E-state index >= 15 is 0 Å². The highest BCUT2D eigenvalue weighted by Crippen LogP contribution is 2.29. The number of nitrogens with zero attached hydrogens (tertiary/aromatic N) is 2. The van der Waals surface area contributed by atoms with Crippen LogP contribution in [0, 0.1) is 11.3 Å². The largest absolute Gasteiger partial charge is 0.493 e. The number of nitrogens with one attached hydrogen (secondary N) is 1. The van der Waals surface area contributed by atoms with Gasteiger partial charge in [0.15, 0.2) is 17.1 Å². The molecular weight excluding hydrogens is 460 g/mol. The van der Waals surface area contributed by atoms with Gasteiger partial charge in [-0.2, -0.15) is 14.0 Å². The maximum atomic E-state index is 13.0. The van der Waals surface area contributed by atoms with Crippen molar-refractivity contribution in [3.63, 3.8) is 0 Å². The summed E-state index contributed by atoms with van der Waals surface area (Å²) in [6.45, 7) is -2.26. The minimum Gasteiger partial charge on any atom is -0.493 e. The zero-order valence-electron chi connectivity index (χ0n) is 18.2. The second kappa shape index (κ2) is 12.7. The molecule has 0 fully saturated rings. The lowest BCUT2D eigenvalue weighted by Gasteiger charge is -2.09. The molecule has 2 aromatic rings. The first-order valence-electron chi connectivity index (χ1n) is 9.60. The molecule has 0 atom stereocenters. The molecule has 0 aliphatic carbocycles. The van der Waals surface area contributed by atoms with Gasteiger partial charge in [-0.1, -0.05) is 6.07 Å². The Bertz CT molecular complexity index is 1190. The Morgan fingerprint density at radius 2 is 1.97 bits per heavy atom. The van der Waals surface area contributed by atoms with Gasteiger partial charge in [-0.25, -0.2) is 0 Å². The first kappa shape index (κ1) is 26.0. The van der Waals surface area contributed by atoms with Crippen LogP contribution in [-0.2, 0) is 20.8 Å². The van der Waals surface area contributed by atoms with Gasteiger partial charge in [-0.15, -0.1) is 11.3 Å². The van der Waals surface area contributed by atoms with Gasteiger partial charge in [-0.05, 0) is 23.8 Å². The van der Waals surface area contributed by atoms with Crippen LogP contribution < -0.4 is 29.5 Å². The third kappa shape index (κ3) is 6.85. The Morgan fingerprint density at radius 3 is 2.58 bits per heavy atom. The number of halogens is 2. The Labute approximate surface area is 192 Å². The Balaban J connectivity index is 2.63. The molecule has 178 valence electrons. The number of hydrogen-bond acceptors (Lipinski definition) is 8. The van der Waals surface area contributed by atoms with Crippen LogP contribution in [0.25, 0.3) is 11.6 Å². The number of aromatic nitrogens is 1. The van der Waals surface area contributed by atoms with Crippen LogP contribution in [0.5, 0.6) is 11.5 Å². The van der Waals surface area contributed by atoms with E-state index in [1.807, 2.05) is 6.07 Å². The molecule has 0 aliphatic rings. The van der Waals surface area contributed by atoms with E-state index < -0.39 is 18.1 Å². The second-order valence-electron chi connectivity index (χ2n) is 6.39. The molecule has 0 bridgehead atoms. The third-order valence-corrected chi connectivity index (χ3v) is 5.40. The number of alkyl halides is 2. The third-order valence-electron chi connectivity index (χ3n) is 4.27. The molecule has 1 amide bonds. The van der Waals surface area contributed by atoms with Crippen LogP contribution in [-0.4, -0.2) is 58.2 Å². The lowest BCUT2D eigenvalue weighted by molar-refractivity contribution is -0.115. The van der Waals surface area contributed by atoms with E-state index in [1.165, 1.54) is 50.2 Å². The van der Waals surface area contributed by atoms with E-state index in [0.717, 1.165) is 11.3 Å². The number of hydrogen-bond donors (Lipinski definition) is 1. The first-order chi connectivity index (χ1) is 15.9. The maximum Gasteiger partial charge on any atom is 0.387 e. The standard InChI is InChI=1S/C21H23F2N3O6S/c1-29-8-6-25-18(27)14(12-24)20-26(7-9-30-2)19(28)17(33-20)11-13-4-5-15(32-21(22)23)16(10-13)31-3/h4-5,10-11,21H,6-9H2,1-3H3,(H,25,27)/b17-11-,20-14-. The summed E-state index contributed by atoms with van der Waals surface area (Å²) in [5, 5.41) is 12.2. The van der Waals surface area contributed by atoms with Gasteiger partial charge in [0.1, 0.15) is 10.7 Å². The summed E-state index contributed by atoms with van der Waals surface area (Å²) >= 11 is 0.956. The van der Waals surface area contributed by atoms with Crippen molar-refractivity contribution in [1.29, 1.82) is 5.26 Å². The van der Waals surface area contributed by atoms with Crippen molar-refractivity contribution in [2.45, 2.75) is 13.2 Å². The smallest absolute Gasteiger partial charge is 0.387 e. The lowest BCUT2D eigenvalue weighted by Crippen LogP contribution is -2.36. The Morgan fingerprint density at radius 1 is 1.24 bits per heavy atom. The molecule has 0 spiro atoms. The van der Waals surface area contributed by atoms with Crippen molar-refractivity contribution < 1.29 is 32.5 Å². The van der Waals surface area contributed by atoms with E-state index in [4.69, 9.17) is 14.2 Å². The minimum atomic E-state index is -3.02. The van der Waals surface area contributed by atoms with Crippen molar-refractivity contribution in [2.75, 3.05) is 41.1 Å². The molecular formula is C21H23F2N3O6S. The summed E-state index contributed by atoms with van der Waals surface area (Å²) in [5.74, 6) is -0.729. The number of rotatable bonds is 11. The van der Waals surface area contributed by atoms with Gasteiger partial charge in [0, 0.05) is 20.8 Å². The van der Waals surface area contributed by atoms with Gasteiger partial charge in [0.05, 0.1) is 31.4 Å². The van der Waals surface area contributed by atoms with Gasteiger partial charge in [0.2, 0.25) is 0 Å². The van der Waals surface area contributed by atoms with Crippen LogP contribution in [0.4, 0.5) is 8.78 Å². The number of methoxy groups -OCH3 is 3. The van der Waals surface area contributed by atoms with Crippen molar-refractivity contribution in [3.05, 3.63) is 43.3 Å². The summed E-state index contributed by atoms with van der Waals surface area (Å²) < 4.78 is 46.2. The number of carbonyl (C=O) groups excluding carboxylic acids is 1. The van der Waals surface area contributed by atoms with E-state index in [-0.39, 0.29) is 52.6 Å². The monoisotopic (exact) mass is 483 g/mol. The van der Waals surface area contributed by atoms with Crippen LogP contribution in [0.1, 0.15) is 5.56 Å². The van der Waals surface area contributed by atoms with E-state index in [2.05, 4.69) is 10.1 Å². The number of ether oxygens (including phenoxy) is 4. The molecule has 0 saturated heterocycles. The highest BCUT2D eigenvalue weighted by atomic mass is 32.1. The maximum absolute atomic E-state index is 13.0. The minimum absolute atomic E-state index is 0.0577. The molecule has 1 heterocycles. The lowest BCUT2D eigenvalue weighted by atomic mass is 10.2. The molecule has 0 unspecified atom stereocenters. The number of thiazole rings is 1. The molecule has 1 aromatic heterocycles. The molecule has 12 heteroatoms. The summed E-state index contributed by atoms with van der Waals surface area (Å²) in [6.07, 6.45) is 1.51. The molecule has 1 aromatic carbocycles. The van der Waals surface area contributed by atoms with Crippen LogP contribution in [0.3, 0.4) is 0 Å². The summed E-state index contributed by atoms with van der Waals surface area (Å²) in [6, 6.07) is 6.07. The number of nitriles is 1. The predicted molar refractivity (Wildman–Crippen MR) is 117 cm³/mol. The van der Waals surface area contributed by atoms with Crippen LogP contribution in [0.15, 0.2) is 23.0 Å². The van der Waals surface area contributed by atoms with Crippen LogP contribution >= 0.6 is 11.3 Å². The number of benzene rings is 1. The van der Waals surface area contributed by atoms with Gasteiger partial charge >= 0.3 is 6.61 Å². The number of amides is 1. The molecule has 33 heavy (non-hydrogen) atoms. The van der Waals surface area contributed by atoms with Crippen LogP contribution in [0.2, 0.25) is 0 Å².